The minimum atomic E-state index is 0.336. The van der Waals surface area contributed by atoms with Gasteiger partial charge in [0.25, 0.3) is 0 Å². The van der Waals surface area contributed by atoms with E-state index < -0.39 is 0 Å². The van der Waals surface area contributed by atoms with Crippen molar-refractivity contribution < 1.29 is 9.15 Å². The quantitative estimate of drug-likeness (QED) is 0.516. The van der Waals surface area contributed by atoms with Crippen LogP contribution in [0.5, 0.6) is 5.75 Å². The molecule has 0 amide bonds. The normalized spacial score (nSPS) is 41.8. The van der Waals surface area contributed by atoms with Crippen LogP contribution in [0.25, 0.3) is 11.3 Å². The topological polar surface area (TPSA) is 35.3 Å². The second-order valence-corrected chi connectivity index (χ2v) is 11.5. The summed E-state index contributed by atoms with van der Waals surface area (Å²) in [5.41, 5.74) is 2.01. The molecule has 2 aromatic rings. The number of hydrogen-bond donors (Lipinski definition) is 0. The third-order valence-electron chi connectivity index (χ3n) is 10.3. The SMILES string of the molecule is C[C@]12CCCCC1CC[C@@H]1[C@H]2CC[C@]2(C)C(Oc3ccc(-c4cnco4)cc3)CC[C@@H]12. The second-order valence-electron chi connectivity index (χ2n) is 11.5. The van der Waals surface area contributed by atoms with E-state index in [2.05, 4.69) is 43.1 Å². The van der Waals surface area contributed by atoms with Gasteiger partial charge in [0.2, 0.25) is 0 Å². The maximum atomic E-state index is 6.69. The first-order valence-corrected chi connectivity index (χ1v) is 12.7. The molecule has 4 aliphatic rings. The molecule has 1 aromatic heterocycles. The standard InChI is InChI=1S/C28H37NO2/c1-27-15-4-3-5-20(27)8-11-22-23-12-13-26(28(23,2)16-14-24(22)27)31-21-9-6-19(7-10-21)25-17-29-18-30-25/h6-7,9-10,17-18,20,22-24,26H,3-5,8,11-16H2,1-2H3/t20?,22-,23-,24+,26?,27-,28-/m0/s1. The summed E-state index contributed by atoms with van der Waals surface area (Å²) >= 11 is 0. The van der Waals surface area contributed by atoms with Crippen LogP contribution in [0, 0.1) is 34.5 Å². The molecule has 2 unspecified atom stereocenters. The van der Waals surface area contributed by atoms with Crippen LogP contribution in [-0.4, -0.2) is 11.1 Å². The molecule has 0 bridgehead atoms. The second kappa shape index (κ2) is 7.39. The molecule has 7 atom stereocenters. The highest BCUT2D eigenvalue weighted by molar-refractivity contribution is 5.57. The van der Waals surface area contributed by atoms with Gasteiger partial charge < -0.3 is 9.15 Å². The molecule has 0 N–H and O–H groups in total. The van der Waals surface area contributed by atoms with E-state index in [0.717, 1.165) is 40.7 Å². The minimum Gasteiger partial charge on any atom is -0.490 e. The number of oxazole rings is 1. The summed E-state index contributed by atoms with van der Waals surface area (Å²) in [4.78, 5) is 4.02. The summed E-state index contributed by atoms with van der Waals surface area (Å²) < 4.78 is 12.1. The zero-order valence-electron chi connectivity index (χ0n) is 19.2. The maximum Gasteiger partial charge on any atom is 0.181 e. The van der Waals surface area contributed by atoms with Crippen LogP contribution in [0.4, 0.5) is 0 Å². The number of benzene rings is 1. The number of aromatic nitrogens is 1. The number of fused-ring (bicyclic) bond motifs is 5. The van der Waals surface area contributed by atoms with Gasteiger partial charge in [0, 0.05) is 11.0 Å². The lowest BCUT2D eigenvalue weighted by Crippen LogP contribution is -2.53. The largest absolute Gasteiger partial charge is 0.490 e. The molecule has 4 fully saturated rings. The van der Waals surface area contributed by atoms with Crippen LogP contribution < -0.4 is 4.74 Å². The Morgan fingerprint density at radius 3 is 2.52 bits per heavy atom. The molecule has 1 heterocycles. The van der Waals surface area contributed by atoms with Crippen molar-refractivity contribution in [3.8, 4) is 17.1 Å². The molecular formula is C28H37NO2. The van der Waals surface area contributed by atoms with Crippen molar-refractivity contribution >= 4 is 0 Å². The Balaban J connectivity index is 1.19. The summed E-state index contributed by atoms with van der Waals surface area (Å²) in [6, 6.07) is 8.39. The van der Waals surface area contributed by atoms with E-state index in [9.17, 15) is 0 Å². The van der Waals surface area contributed by atoms with Crippen LogP contribution in [-0.2, 0) is 0 Å². The van der Waals surface area contributed by atoms with Crippen molar-refractivity contribution in [1.29, 1.82) is 0 Å². The molecule has 1 aromatic carbocycles. The van der Waals surface area contributed by atoms with Gasteiger partial charge in [0.1, 0.15) is 11.9 Å². The zero-order chi connectivity index (χ0) is 21.1. The van der Waals surface area contributed by atoms with Gasteiger partial charge >= 0.3 is 0 Å². The Morgan fingerprint density at radius 1 is 0.871 bits per heavy atom. The maximum absolute atomic E-state index is 6.69. The lowest BCUT2D eigenvalue weighted by Gasteiger charge is -2.60. The molecule has 0 aliphatic heterocycles. The lowest BCUT2D eigenvalue weighted by molar-refractivity contribution is -0.117. The molecule has 31 heavy (non-hydrogen) atoms. The molecule has 0 spiro atoms. The van der Waals surface area contributed by atoms with Crippen molar-refractivity contribution in [1.82, 2.24) is 4.98 Å². The van der Waals surface area contributed by atoms with E-state index in [0.29, 0.717) is 16.9 Å². The molecule has 0 saturated heterocycles. The average molecular weight is 420 g/mol. The predicted molar refractivity (Wildman–Crippen MR) is 123 cm³/mol. The first-order chi connectivity index (χ1) is 15.1. The highest BCUT2D eigenvalue weighted by Gasteiger charge is 2.60. The minimum absolute atomic E-state index is 0.336. The van der Waals surface area contributed by atoms with Crippen LogP contribution in [0.1, 0.15) is 78.1 Å². The predicted octanol–water partition coefficient (Wildman–Crippen LogP) is 7.52. The molecule has 4 saturated carbocycles. The number of nitrogens with zero attached hydrogens (tertiary/aromatic N) is 1. The van der Waals surface area contributed by atoms with Gasteiger partial charge in [-0.1, -0.05) is 26.7 Å². The summed E-state index contributed by atoms with van der Waals surface area (Å²) in [5.74, 6) is 5.56. The van der Waals surface area contributed by atoms with Gasteiger partial charge in [0.05, 0.1) is 6.20 Å². The Bertz CT molecular complexity index is 906. The van der Waals surface area contributed by atoms with Gasteiger partial charge in [-0.25, -0.2) is 4.98 Å². The van der Waals surface area contributed by atoms with Crippen molar-refractivity contribution in [3.63, 3.8) is 0 Å². The summed E-state index contributed by atoms with van der Waals surface area (Å²) in [5, 5.41) is 0. The van der Waals surface area contributed by atoms with Gasteiger partial charge in [-0.2, -0.15) is 0 Å². The van der Waals surface area contributed by atoms with Gasteiger partial charge in [0.15, 0.2) is 12.2 Å². The average Bonchev–Trinajstić information content (AvgIpc) is 3.42. The number of ether oxygens (including phenoxy) is 1. The van der Waals surface area contributed by atoms with E-state index in [1.165, 1.54) is 70.6 Å². The highest BCUT2D eigenvalue weighted by Crippen LogP contribution is 2.66. The number of rotatable bonds is 3. The fourth-order valence-corrected chi connectivity index (χ4v) is 8.66. The number of hydrogen-bond acceptors (Lipinski definition) is 3. The molecular weight excluding hydrogens is 382 g/mol. The van der Waals surface area contributed by atoms with Crippen molar-refractivity contribution in [2.24, 2.45) is 34.5 Å². The fraction of sp³-hybridized carbons (Fsp3) is 0.679. The Kier molecular flexibility index (Phi) is 4.74. The molecule has 4 aliphatic carbocycles. The first kappa shape index (κ1) is 19.9. The van der Waals surface area contributed by atoms with Crippen molar-refractivity contribution in [2.45, 2.75) is 84.2 Å². The van der Waals surface area contributed by atoms with E-state index in [4.69, 9.17) is 9.15 Å². The first-order valence-electron chi connectivity index (χ1n) is 12.7. The van der Waals surface area contributed by atoms with E-state index in [1.807, 2.05) is 0 Å². The van der Waals surface area contributed by atoms with E-state index >= 15 is 0 Å². The molecule has 6 rings (SSSR count). The fourth-order valence-electron chi connectivity index (χ4n) is 8.66. The summed E-state index contributed by atoms with van der Waals surface area (Å²) in [6.07, 6.45) is 17.8. The third-order valence-corrected chi connectivity index (χ3v) is 10.3. The lowest BCUT2D eigenvalue weighted by atomic mass is 9.45. The smallest absolute Gasteiger partial charge is 0.181 e. The molecule has 0 radical (unpaired) electrons. The Hall–Kier alpha value is -1.77. The molecule has 166 valence electrons. The van der Waals surface area contributed by atoms with Gasteiger partial charge in [-0.3, -0.25) is 0 Å². The van der Waals surface area contributed by atoms with Gasteiger partial charge in [-0.05, 0) is 105 Å². The van der Waals surface area contributed by atoms with Crippen LogP contribution >= 0.6 is 0 Å². The van der Waals surface area contributed by atoms with Crippen LogP contribution in [0.3, 0.4) is 0 Å². The molecule has 3 heteroatoms. The summed E-state index contributed by atoms with van der Waals surface area (Å²) in [6.45, 7) is 5.24. The monoisotopic (exact) mass is 419 g/mol. The third kappa shape index (κ3) is 3.09. The van der Waals surface area contributed by atoms with E-state index in [1.54, 1.807) is 6.20 Å². The molecule has 3 nitrogen and oxygen atoms in total. The Labute approximate surface area is 187 Å². The van der Waals surface area contributed by atoms with Crippen LogP contribution in [0.2, 0.25) is 0 Å². The van der Waals surface area contributed by atoms with E-state index in [-0.39, 0.29) is 0 Å². The zero-order valence-corrected chi connectivity index (χ0v) is 19.2. The Morgan fingerprint density at radius 2 is 1.71 bits per heavy atom. The van der Waals surface area contributed by atoms with Gasteiger partial charge in [-0.15, -0.1) is 0 Å². The van der Waals surface area contributed by atoms with Crippen molar-refractivity contribution in [3.05, 3.63) is 36.9 Å². The van der Waals surface area contributed by atoms with Crippen LogP contribution in [0.15, 0.2) is 41.3 Å². The van der Waals surface area contributed by atoms with Crippen molar-refractivity contribution in [2.75, 3.05) is 0 Å². The summed E-state index contributed by atoms with van der Waals surface area (Å²) in [7, 11) is 0. The highest BCUT2D eigenvalue weighted by atomic mass is 16.5.